The van der Waals surface area contributed by atoms with Crippen LogP contribution in [0.3, 0.4) is 0 Å². The highest BCUT2D eigenvalue weighted by atomic mass is 32.1. The molecule has 2 aromatic rings. The molecule has 0 aliphatic carbocycles. The lowest BCUT2D eigenvalue weighted by molar-refractivity contribution is 0.618. The summed E-state index contributed by atoms with van der Waals surface area (Å²) in [6, 6.07) is 2.98. The highest BCUT2D eigenvalue weighted by Gasteiger charge is 2.09. The smallest absolute Gasteiger partial charge is 0.177 e. The van der Waals surface area contributed by atoms with E-state index in [-0.39, 0.29) is 10.1 Å². The van der Waals surface area contributed by atoms with E-state index < -0.39 is 16.8 Å². The van der Waals surface area contributed by atoms with Crippen LogP contribution in [0.4, 0.5) is 13.2 Å². The molecule has 0 amide bonds. The van der Waals surface area contributed by atoms with Crippen LogP contribution in [-0.4, -0.2) is 0 Å². The summed E-state index contributed by atoms with van der Waals surface area (Å²) in [5, 5.41) is -0.563. The average Bonchev–Trinajstić information content (AvgIpc) is 2.41. The largest absolute Gasteiger partial charge is 0.206 e. The number of rotatable bonds is 0. The Labute approximate surface area is 70.3 Å². The van der Waals surface area contributed by atoms with Crippen molar-refractivity contribution in [3.05, 3.63) is 35.0 Å². The Morgan fingerprint density at radius 3 is 2.33 bits per heavy atom. The van der Waals surface area contributed by atoms with Crippen LogP contribution in [0.1, 0.15) is 0 Å². The summed E-state index contributed by atoms with van der Waals surface area (Å²) in [6.07, 6.45) is 0. The van der Waals surface area contributed by atoms with E-state index in [1.807, 2.05) is 0 Å². The highest BCUT2D eigenvalue weighted by molar-refractivity contribution is 7.17. The fraction of sp³-hybridized carbons (Fsp3) is 0. The zero-order valence-corrected chi connectivity index (χ0v) is 6.59. The van der Waals surface area contributed by atoms with Crippen LogP contribution in [0.25, 0.3) is 10.1 Å². The standard InChI is InChI=1S/C8H3F3S/c9-5-1-2-6(10)8-4(5)3-7(11)12-8/h1-3H. The molecule has 0 aliphatic heterocycles. The summed E-state index contributed by atoms with van der Waals surface area (Å²) >= 11 is 0.611. The third kappa shape index (κ3) is 0.992. The van der Waals surface area contributed by atoms with E-state index in [1.54, 1.807) is 0 Å². The van der Waals surface area contributed by atoms with Gasteiger partial charge >= 0.3 is 0 Å². The highest BCUT2D eigenvalue weighted by Crippen LogP contribution is 2.28. The van der Waals surface area contributed by atoms with Gasteiger partial charge in [-0.3, -0.25) is 0 Å². The van der Waals surface area contributed by atoms with Gasteiger partial charge in [-0.2, -0.15) is 4.39 Å². The second-order valence-electron chi connectivity index (χ2n) is 2.32. The quantitative estimate of drug-likeness (QED) is 0.595. The Hall–Kier alpha value is -1.03. The van der Waals surface area contributed by atoms with E-state index in [4.69, 9.17) is 0 Å². The van der Waals surface area contributed by atoms with Crippen LogP contribution in [-0.2, 0) is 0 Å². The van der Waals surface area contributed by atoms with E-state index in [0.29, 0.717) is 11.3 Å². The lowest BCUT2D eigenvalue weighted by atomic mass is 10.2. The summed E-state index contributed by atoms with van der Waals surface area (Å²) in [6.45, 7) is 0. The second-order valence-corrected chi connectivity index (χ2v) is 3.32. The van der Waals surface area contributed by atoms with Gasteiger partial charge in [0.15, 0.2) is 5.13 Å². The first kappa shape index (κ1) is 7.61. The summed E-state index contributed by atoms with van der Waals surface area (Å²) in [5.41, 5.74) is 0. The van der Waals surface area contributed by atoms with Gasteiger partial charge in [0.25, 0.3) is 0 Å². The van der Waals surface area contributed by atoms with E-state index in [0.717, 1.165) is 18.2 Å². The molecular weight excluding hydrogens is 185 g/mol. The molecule has 62 valence electrons. The molecule has 0 atom stereocenters. The minimum atomic E-state index is -0.591. The summed E-state index contributed by atoms with van der Waals surface area (Å²) in [5.74, 6) is -1.17. The normalized spacial score (nSPS) is 10.9. The van der Waals surface area contributed by atoms with Gasteiger partial charge in [-0.1, -0.05) is 0 Å². The lowest BCUT2D eigenvalue weighted by Crippen LogP contribution is -1.77. The molecule has 0 saturated heterocycles. The van der Waals surface area contributed by atoms with Gasteiger partial charge < -0.3 is 0 Å². The third-order valence-corrected chi connectivity index (χ3v) is 2.48. The van der Waals surface area contributed by atoms with Gasteiger partial charge in [-0.15, -0.1) is 11.3 Å². The van der Waals surface area contributed by atoms with Crippen molar-refractivity contribution in [2.75, 3.05) is 0 Å². The average molecular weight is 188 g/mol. The number of fused-ring (bicyclic) bond motifs is 1. The maximum atomic E-state index is 12.9. The Kier molecular flexibility index (Phi) is 1.58. The van der Waals surface area contributed by atoms with Gasteiger partial charge in [0, 0.05) is 5.39 Å². The number of hydrogen-bond acceptors (Lipinski definition) is 1. The number of benzene rings is 1. The van der Waals surface area contributed by atoms with Crippen LogP contribution in [0, 0.1) is 16.8 Å². The third-order valence-electron chi connectivity index (χ3n) is 1.55. The number of hydrogen-bond donors (Lipinski definition) is 0. The van der Waals surface area contributed by atoms with Crippen LogP contribution < -0.4 is 0 Å². The van der Waals surface area contributed by atoms with Crippen molar-refractivity contribution in [2.24, 2.45) is 0 Å². The van der Waals surface area contributed by atoms with Gasteiger partial charge in [0.2, 0.25) is 0 Å². The Bertz CT molecular complexity index is 394. The Morgan fingerprint density at radius 1 is 1.00 bits per heavy atom. The molecule has 0 aliphatic rings. The summed E-state index contributed by atoms with van der Waals surface area (Å²) < 4.78 is 38.3. The SMILES string of the molecule is Fc1cc2c(F)ccc(F)c2s1. The van der Waals surface area contributed by atoms with Crippen LogP contribution >= 0.6 is 11.3 Å². The Balaban J connectivity index is 2.93. The fourth-order valence-electron chi connectivity index (χ4n) is 1.03. The molecule has 0 saturated carbocycles. The summed E-state index contributed by atoms with van der Waals surface area (Å²) in [7, 11) is 0. The van der Waals surface area contributed by atoms with Crippen molar-refractivity contribution in [3.8, 4) is 0 Å². The van der Waals surface area contributed by atoms with Crippen molar-refractivity contribution in [1.82, 2.24) is 0 Å². The molecule has 0 spiro atoms. The van der Waals surface area contributed by atoms with Gasteiger partial charge in [-0.05, 0) is 18.2 Å². The molecule has 0 nitrogen and oxygen atoms in total. The molecule has 1 aromatic carbocycles. The molecule has 0 N–H and O–H groups in total. The lowest BCUT2D eigenvalue weighted by Gasteiger charge is -1.91. The van der Waals surface area contributed by atoms with Crippen molar-refractivity contribution >= 4 is 21.4 Å². The van der Waals surface area contributed by atoms with Crippen molar-refractivity contribution in [2.45, 2.75) is 0 Å². The van der Waals surface area contributed by atoms with Gasteiger partial charge in [0.1, 0.15) is 11.6 Å². The topological polar surface area (TPSA) is 0 Å². The predicted molar refractivity (Wildman–Crippen MR) is 41.7 cm³/mol. The van der Waals surface area contributed by atoms with Crippen LogP contribution in [0.2, 0.25) is 0 Å². The summed E-state index contributed by atoms with van der Waals surface area (Å²) in [4.78, 5) is 0. The van der Waals surface area contributed by atoms with Crippen LogP contribution in [0.15, 0.2) is 18.2 Å². The minimum Gasteiger partial charge on any atom is -0.206 e. The molecule has 0 bridgehead atoms. The second kappa shape index (κ2) is 2.48. The molecule has 4 heteroatoms. The molecule has 1 aromatic heterocycles. The molecule has 12 heavy (non-hydrogen) atoms. The molecular formula is C8H3F3S. The van der Waals surface area contributed by atoms with Crippen molar-refractivity contribution in [1.29, 1.82) is 0 Å². The monoisotopic (exact) mass is 188 g/mol. The molecule has 0 radical (unpaired) electrons. The minimum absolute atomic E-state index is 0.0116. The van der Waals surface area contributed by atoms with Crippen molar-refractivity contribution in [3.63, 3.8) is 0 Å². The first-order valence-corrected chi connectivity index (χ1v) is 4.03. The van der Waals surface area contributed by atoms with E-state index in [1.165, 1.54) is 0 Å². The fourth-order valence-corrected chi connectivity index (χ4v) is 1.83. The predicted octanol–water partition coefficient (Wildman–Crippen LogP) is 3.32. The maximum Gasteiger partial charge on any atom is 0.177 e. The number of halogens is 3. The zero-order chi connectivity index (χ0) is 8.72. The van der Waals surface area contributed by atoms with Crippen LogP contribution in [0.5, 0.6) is 0 Å². The molecule has 1 heterocycles. The van der Waals surface area contributed by atoms with E-state index in [2.05, 4.69) is 0 Å². The van der Waals surface area contributed by atoms with Gasteiger partial charge in [0.05, 0.1) is 4.70 Å². The number of thiophene rings is 1. The first-order chi connectivity index (χ1) is 5.68. The first-order valence-electron chi connectivity index (χ1n) is 3.21. The zero-order valence-electron chi connectivity index (χ0n) is 5.77. The van der Waals surface area contributed by atoms with E-state index >= 15 is 0 Å². The Morgan fingerprint density at radius 2 is 1.67 bits per heavy atom. The van der Waals surface area contributed by atoms with Crippen molar-refractivity contribution < 1.29 is 13.2 Å². The molecule has 0 unspecified atom stereocenters. The maximum absolute atomic E-state index is 12.9. The van der Waals surface area contributed by atoms with E-state index in [9.17, 15) is 13.2 Å². The van der Waals surface area contributed by atoms with Gasteiger partial charge in [-0.25, -0.2) is 8.78 Å². The molecule has 0 fully saturated rings. The molecule has 2 rings (SSSR count).